The Morgan fingerprint density at radius 2 is 2.00 bits per heavy atom. The Morgan fingerprint density at radius 3 is 2.59 bits per heavy atom. The number of piperidine rings is 1. The summed E-state index contributed by atoms with van der Waals surface area (Å²) in [5.41, 5.74) is 0. The van der Waals surface area contributed by atoms with Gasteiger partial charge < -0.3 is 20.7 Å². The molecule has 0 aliphatic carbocycles. The van der Waals surface area contributed by atoms with Gasteiger partial charge in [0.25, 0.3) is 0 Å². The molecule has 0 aromatic heterocycles. The number of benzene rings is 1. The van der Waals surface area contributed by atoms with Gasteiger partial charge in [-0.05, 0) is 31.4 Å². The van der Waals surface area contributed by atoms with Crippen molar-refractivity contribution >= 4 is 11.9 Å². The Labute approximate surface area is 162 Å². The molecule has 7 nitrogen and oxygen atoms in total. The van der Waals surface area contributed by atoms with E-state index in [1.165, 1.54) is 0 Å². The van der Waals surface area contributed by atoms with Crippen LogP contribution >= 0.6 is 0 Å². The smallest absolute Gasteiger partial charge is 0.233 e. The Hall–Kier alpha value is -2.28. The first-order chi connectivity index (χ1) is 13.1. The molecular formula is C20H33N5O2. The number of nitrogens with zero attached hydrogens (tertiary/aromatic N) is 2. The third kappa shape index (κ3) is 7.46. The maximum absolute atomic E-state index is 11.5. The highest BCUT2D eigenvalue weighted by molar-refractivity contribution is 5.80. The van der Waals surface area contributed by atoms with Gasteiger partial charge in [0.1, 0.15) is 11.9 Å². The number of amides is 1. The van der Waals surface area contributed by atoms with E-state index < -0.39 is 0 Å². The number of hydrogen-bond donors (Lipinski definition) is 3. The Morgan fingerprint density at radius 1 is 1.30 bits per heavy atom. The lowest BCUT2D eigenvalue weighted by atomic mass is 10.1. The quantitative estimate of drug-likeness (QED) is 0.470. The van der Waals surface area contributed by atoms with Crippen molar-refractivity contribution in [1.29, 1.82) is 0 Å². The standard InChI is InChI=1S/C20H33N5O2/c1-4-17(27-18-8-6-5-7-9-18)14-23-20(22-3)24-16-10-12-25(13-11-16)15-19(26)21-2/h5-9,16-17H,4,10-15H2,1-3H3,(H,21,26)(H2,22,23,24). The summed E-state index contributed by atoms with van der Waals surface area (Å²) in [6, 6.07) is 10.3. The number of rotatable bonds is 8. The molecule has 27 heavy (non-hydrogen) atoms. The second-order valence-electron chi connectivity index (χ2n) is 6.78. The van der Waals surface area contributed by atoms with Crippen molar-refractivity contribution in [3.05, 3.63) is 30.3 Å². The molecule has 1 heterocycles. The monoisotopic (exact) mass is 375 g/mol. The molecule has 1 aliphatic rings. The van der Waals surface area contributed by atoms with Gasteiger partial charge in [-0.1, -0.05) is 25.1 Å². The number of likely N-dealkylation sites (tertiary alicyclic amines) is 1. The summed E-state index contributed by atoms with van der Waals surface area (Å²) in [5, 5.41) is 9.55. The molecule has 1 fully saturated rings. The first-order valence-corrected chi connectivity index (χ1v) is 9.76. The molecule has 0 spiro atoms. The predicted molar refractivity (Wildman–Crippen MR) is 109 cm³/mol. The molecule has 1 saturated heterocycles. The van der Waals surface area contributed by atoms with E-state index in [1.807, 2.05) is 30.3 Å². The van der Waals surface area contributed by atoms with E-state index in [-0.39, 0.29) is 12.0 Å². The van der Waals surface area contributed by atoms with Gasteiger partial charge in [0.2, 0.25) is 5.91 Å². The maximum Gasteiger partial charge on any atom is 0.233 e. The molecule has 1 aliphatic heterocycles. The van der Waals surface area contributed by atoms with E-state index in [2.05, 4.69) is 32.8 Å². The lowest BCUT2D eigenvalue weighted by molar-refractivity contribution is -0.122. The van der Waals surface area contributed by atoms with Gasteiger partial charge in [0, 0.05) is 33.2 Å². The highest BCUT2D eigenvalue weighted by Crippen LogP contribution is 2.12. The van der Waals surface area contributed by atoms with E-state index in [0.29, 0.717) is 19.1 Å². The predicted octanol–water partition coefficient (Wildman–Crippen LogP) is 1.22. The number of guanidine groups is 1. The zero-order chi connectivity index (χ0) is 19.5. The van der Waals surface area contributed by atoms with Crippen LogP contribution in [0.15, 0.2) is 35.3 Å². The third-order valence-electron chi connectivity index (χ3n) is 4.80. The van der Waals surface area contributed by atoms with Crippen LogP contribution in [0.1, 0.15) is 26.2 Å². The van der Waals surface area contributed by atoms with E-state index in [4.69, 9.17) is 4.74 Å². The normalized spacial score (nSPS) is 17.2. The zero-order valence-electron chi connectivity index (χ0n) is 16.7. The van der Waals surface area contributed by atoms with Crippen LogP contribution in [0.25, 0.3) is 0 Å². The fourth-order valence-corrected chi connectivity index (χ4v) is 3.08. The minimum atomic E-state index is 0.0721. The average molecular weight is 376 g/mol. The maximum atomic E-state index is 11.5. The lowest BCUT2D eigenvalue weighted by Gasteiger charge is -2.32. The summed E-state index contributed by atoms with van der Waals surface area (Å²) in [6.45, 7) is 5.12. The van der Waals surface area contributed by atoms with Gasteiger partial charge in [-0.2, -0.15) is 0 Å². The van der Waals surface area contributed by atoms with Crippen LogP contribution in [0.3, 0.4) is 0 Å². The highest BCUT2D eigenvalue weighted by atomic mass is 16.5. The van der Waals surface area contributed by atoms with Crippen LogP contribution in [0.5, 0.6) is 5.75 Å². The molecule has 1 aromatic carbocycles. The average Bonchev–Trinajstić information content (AvgIpc) is 2.71. The molecule has 1 unspecified atom stereocenters. The van der Waals surface area contributed by atoms with Crippen molar-refractivity contribution in [1.82, 2.24) is 20.9 Å². The zero-order valence-corrected chi connectivity index (χ0v) is 16.7. The highest BCUT2D eigenvalue weighted by Gasteiger charge is 2.21. The van der Waals surface area contributed by atoms with E-state index in [9.17, 15) is 4.79 Å². The molecule has 1 atom stereocenters. The van der Waals surface area contributed by atoms with Crippen LogP contribution in [0.2, 0.25) is 0 Å². The molecule has 0 bridgehead atoms. The molecule has 0 radical (unpaired) electrons. The number of nitrogens with one attached hydrogen (secondary N) is 3. The van der Waals surface area contributed by atoms with Gasteiger partial charge in [0.05, 0.1) is 13.1 Å². The topological polar surface area (TPSA) is 78.0 Å². The molecule has 1 amide bonds. The van der Waals surface area contributed by atoms with Gasteiger partial charge >= 0.3 is 0 Å². The summed E-state index contributed by atoms with van der Waals surface area (Å²) in [4.78, 5) is 18.0. The Bertz CT molecular complexity index is 585. The molecule has 7 heteroatoms. The van der Waals surface area contributed by atoms with Gasteiger partial charge in [0.15, 0.2) is 5.96 Å². The molecule has 1 aromatic rings. The minimum Gasteiger partial charge on any atom is -0.489 e. The number of likely N-dealkylation sites (N-methyl/N-ethyl adjacent to an activating group) is 1. The Balaban J connectivity index is 1.73. The number of hydrogen-bond acceptors (Lipinski definition) is 4. The van der Waals surface area contributed by atoms with Crippen molar-refractivity contribution < 1.29 is 9.53 Å². The van der Waals surface area contributed by atoms with Crippen molar-refractivity contribution in [2.24, 2.45) is 4.99 Å². The number of para-hydroxylation sites is 1. The summed E-state index contributed by atoms with van der Waals surface area (Å²) >= 11 is 0. The van der Waals surface area contributed by atoms with Crippen LogP contribution in [0.4, 0.5) is 0 Å². The van der Waals surface area contributed by atoms with E-state index >= 15 is 0 Å². The van der Waals surface area contributed by atoms with Crippen LogP contribution in [-0.2, 0) is 4.79 Å². The fourth-order valence-electron chi connectivity index (χ4n) is 3.08. The number of ether oxygens (including phenoxy) is 1. The summed E-state index contributed by atoms with van der Waals surface area (Å²) in [5.74, 6) is 1.76. The lowest BCUT2D eigenvalue weighted by Crippen LogP contribution is -2.51. The molecular weight excluding hydrogens is 342 g/mol. The van der Waals surface area contributed by atoms with Gasteiger partial charge in [-0.25, -0.2) is 0 Å². The summed E-state index contributed by atoms with van der Waals surface area (Å²) in [6.07, 6.45) is 2.99. The SMILES string of the molecule is CCC(CNC(=NC)NC1CCN(CC(=O)NC)CC1)Oc1ccccc1. The number of aliphatic imine (C=N–C) groups is 1. The van der Waals surface area contributed by atoms with E-state index in [0.717, 1.165) is 44.1 Å². The Kier molecular flexibility index (Phi) is 8.91. The molecule has 2 rings (SSSR count). The van der Waals surface area contributed by atoms with Crippen molar-refractivity contribution in [2.75, 3.05) is 40.3 Å². The second-order valence-corrected chi connectivity index (χ2v) is 6.78. The number of carbonyl (C=O) groups is 1. The van der Waals surface area contributed by atoms with Crippen LogP contribution in [-0.4, -0.2) is 69.2 Å². The number of carbonyl (C=O) groups excluding carboxylic acids is 1. The van der Waals surface area contributed by atoms with Crippen molar-refractivity contribution in [2.45, 2.75) is 38.3 Å². The van der Waals surface area contributed by atoms with Gasteiger partial charge in [-0.15, -0.1) is 0 Å². The van der Waals surface area contributed by atoms with Crippen LogP contribution in [0, 0.1) is 0 Å². The largest absolute Gasteiger partial charge is 0.489 e. The molecule has 3 N–H and O–H groups in total. The van der Waals surface area contributed by atoms with Gasteiger partial charge in [-0.3, -0.25) is 14.7 Å². The van der Waals surface area contributed by atoms with Crippen molar-refractivity contribution in [3.63, 3.8) is 0 Å². The molecule has 150 valence electrons. The summed E-state index contributed by atoms with van der Waals surface area (Å²) < 4.78 is 6.02. The minimum absolute atomic E-state index is 0.0721. The first kappa shape index (κ1) is 21.0. The van der Waals surface area contributed by atoms with Crippen molar-refractivity contribution in [3.8, 4) is 5.75 Å². The second kappa shape index (κ2) is 11.4. The van der Waals surface area contributed by atoms with Crippen LogP contribution < -0.4 is 20.7 Å². The van der Waals surface area contributed by atoms with E-state index in [1.54, 1.807) is 14.1 Å². The third-order valence-corrected chi connectivity index (χ3v) is 4.80. The molecule has 0 saturated carbocycles. The first-order valence-electron chi connectivity index (χ1n) is 9.76. The summed E-state index contributed by atoms with van der Waals surface area (Å²) in [7, 11) is 3.46. The fraction of sp³-hybridized carbons (Fsp3) is 0.600.